The Morgan fingerprint density at radius 2 is 1.81 bits per heavy atom. The summed E-state index contributed by atoms with van der Waals surface area (Å²) in [6, 6.07) is 3.63. The minimum absolute atomic E-state index is 0.0445. The van der Waals surface area contributed by atoms with E-state index in [1.54, 1.807) is 0 Å². The fourth-order valence-corrected chi connectivity index (χ4v) is 3.44. The van der Waals surface area contributed by atoms with E-state index in [9.17, 15) is 17.2 Å². The molecule has 1 N–H and O–H groups in total. The molecule has 118 valence electrons. The molecular formula is C13H18F2N2O3S. The molecule has 1 aliphatic rings. The zero-order chi connectivity index (χ0) is 15.3. The van der Waals surface area contributed by atoms with Crippen LogP contribution in [0, 0.1) is 11.6 Å². The number of rotatable bonds is 6. The lowest BCUT2D eigenvalue weighted by molar-refractivity contribution is 0.0730. The van der Waals surface area contributed by atoms with E-state index >= 15 is 0 Å². The molecule has 1 heterocycles. The summed E-state index contributed by atoms with van der Waals surface area (Å²) >= 11 is 0. The van der Waals surface area contributed by atoms with Crippen LogP contribution in [0.2, 0.25) is 0 Å². The van der Waals surface area contributed by atoms with Crippen LogP contribution in [-0.4, -0.2) is 51.3 Å². The van der Waals surface area contributed by atoms with Gasteiger partial charge in [-0.2, -0.15) is 4.31 Å². The standard InChI is InChI=1S/C13H18F2N2O3S/c14-12-2-1-3-13(15)11(12)10-16-4-9-21(18,19)17-5-7-20-8-6-17/h1-3,16H,4-10H2. The van der Waals surface area contributed by atoms with Crippen molar-refractivity contribution in [1.82, 2.24) is 9.62 Å². The molecule has 0 bridgehead atoms. The van der Waals surface area contributed by atoms with Crippen molar-refractivity contribution in [2.75, 3.05) is 38.6 Å². The first-order valence-corrected chi connectivity index (χ1v) is 8.31. The van der Waals surface area contributed by atoms with Gasteiger partial charge < -0.3 is 10.1 Å². The number of morpholine rings is 1. The highest BCUT2D eigenvalue weighted by molar-refractivity contribution is 7.89. The predicted molar refractivity (Wildman–Crippen MR) is 74.2 cm³/mol. The van der Waals surface area contributed by atoms with Gasteiger partial charge in [-0.25, -0.2) is 17.2 Å². The highest BCUT2D eigenvalue weighted by Gasteiger charge is 2.23. The minimum atomic E-state index is -3.35. The Hall–Kier alpha value is -1.09. The van der Waals surface area contributed by atoms with Crippen molar-refractivity contribution in [3.63, 3.8) is 0 Å². The summed E-state index contributed by atoms with van der Waals surface area (Å²) < 4.78 is 57.3. The van der Waals surface area contributed by atoms with Crippen LogP contribution < -0.4 is 5.32 Å². The van der Waals surface area contributed by atoms with Gasteiger partial charge in [0.25, 0.3) is 0 Å². The van der Waals surface area contributed by atoms with Gasteiger partial charge in [0.15, 0.2) is 0 Å². The molecule has 0 amide bonds. The molecule has 2 rings (SSSR count). The predicted octanol–water partition coefficient (Wildman–Crippen LogP) is 0.716. The summed E-state index contributed by atoms with van der Waals surface area (Å²) in [7, 11) is -3.35. The van der Waals surface area contributed by atoms with Crippen molar-refractivity contribution >= 4 is 10.0 Å². The monoisotopic (exact) mass is 320 g/mol. The summed E-state index contributed by atoms with van der Waals surface area (Å²) in [6.07, 6.45) is 0. The number of hydrogen-bond donors (Lipinski definition) is 1. The second kappa shape index (κ2) is 7.26. The number of nitrogens with zero attached hydrogens (tertiary/aromatic N) is 1. The van der Waals surface area contributed by atoms with Crippen LogP contribution in [0.4, 0.5) is 8.78 Å². The highest BCUT2D eigenvalue weighted by Crippen LogP contribution is 2.11. The third-order valence-electron chi connectivity index (χ3n) is 3.26. The van der Waals surface area contributed by atoms with Gasteiger partial charge in [0.05, 0.1) is 19.0 Å². The summed E-state index contributed by atoms with van der Waals surface area (Å²) in [5, 5.41) is 2.76. The number of nitrogens with one attached hydrogen (secondary N) is 1. The van der Waals surface area contributed by atoms with E-state index in [-0.39, 0.29) is 24.4 Å². The van der Waals surface area contributed by atoms with Crippen molar-refractivity contribution in [2.45, 2.75) is 6.54 Å². The molecule has 8 heteroatoms. The van der Waals surface area contributed by atoms with E-state index in [0.29, 0.717) is 26.3 Å². The summed E-state index contributed by atoms with van der Waals surface area (Å²) in [4.78, 5) is 0. The molecule has 0 unspecified atom stereocenters. The first-order chi connectivity index (χ1) is 10.0. The normalized spacial score (nSPS) is 17.0. The molecule has 1 fully saturated rings. The lowest BCUT2D eigenvalue weighted by Gasteiger charge is -2.26. The maximum Gasteiger partial charge on any atom is 0.215 e. The molecule has 0 saturated carbocycles. The molecular weight excluding hydrogens is 302 g/mol. The van der Waals surface area contributed by atoms with Gasteiger partial charge in [0.1, 0.15) is 11.6 Å². The quantitative estimate of drug-likeness (QED) is 0.785. The summed E-state index contributed by atoms with van der Waals surface area (Å²) in [5.74, 6) is -1.39. The first kappa shape index (κ1) is 16.3. The molecule has 1 aromatic carbocycles. The average Bonchev–Trinajstić information content (AvgIpc) is 2.47. The first-order valence-electron chi connectivity index (χ1n) is 6.70. The van der Waals surface area contributed by atoms with Crippen molar-refractivity contribution in [1.29, 1.82) is 0 Å². The largest absolute Gasteiger partial charge is 0.379 e. The number of sulfonamides is 1. The smallest absolute Gasteiger partial charge is 0.215 e. The van der Waals surface area contributed by atoms with Gasteiger partial charge in [-0.3, -0.25) is 0 Å². The molecule has 1 saturated heterocycles. The average molecular weight is 320 g/mol. The fourth-order valence-electron chi connectivity index (χ4n) is 2.07. The fraction of sp³-hybridized carbons (Fsp3) is 0.538. The second-order valence-corrected chi connectivity index (χ2v) is 6.79. The molecule has 0 atom stereocenters. The Morgan fingerprint density at radius 1 is 1.19 bits per heavy atom. The van der Waals surface area contributed by atoms with Crippen LogP contribution >= 0.6 is 0 Å². The Morgan fingerprint density at radius 3 is 2.43 bits per heavy atom. The number of halogens is 2. The lowest BCUT2D eigenvalue weighted by atomic mass is 10.2. The number of hydrogen-bond acceptors (Lipinski definition) is 4. The third-order valence-corrected chi connectivity index (χ3v) is 5.14. The molecule has 5 nitrogen and oxygen atoms in total. The Labute approximate surface area is 122 Å². The maximum absolute atomic E-state index is 13.4. The number of ether oxygens (including phenoxy) is 1. The Bertz CT molecular complexity index is 555. The van der Waals surface area contributed by atoms with E-state index in [4.69, 9.17) is 4.74 Å². The SMILES string of the molecule is O=S(=O)(CCNCc1c(F)cccc1F)N1CCOCC1. The molecule has 1 aromatic rings. The zero-order valence-corrected chi connectivity index (χ0v) is 12.3. The highest BCUT2D eigenvalue weighted by atomic mass is 32.2. The Balaban J connectivity index is 1.81. The van der Waals surface area contributed by atoms with E-state index in [1.807, 2.05) is 0 Å². The lowest BCUT2D eigenvalue weighted by Crippen LogP contribution is -2.43. The van der Waals surface area contributed by atoms with E-state index < -0.39 is 21.7 Å². The van der Waals surface area contributed by atoms with Crippen LogP contribution in [0.3, 0.4) is 0 Å². The van der Waals surface area contributed by atoms with Crippen LogP contribution in [0.1, 0.15) is 5.56 Å². The van der Waals surface area contributed by atoms with Gasteiger partial charge in [-0.05, 0) is 12.1 Å². The van der Waals surface area contributed by atoms with E-state index in [0.717, 1.165) is 0 Å². The van der Waals surface area contributed by atoms with Crippen LogP contribution in [-0.2, 0) is 21.3 Å². The topological polar surface area (TPSA) is 58.6 Å². The molecule has 21 heavy (non-hydrogen) atoms. The van der Waals surface area contributed by atoms with E-state index in [2.05, 4.69) is 5.32 Å². The van der Waals surface area contributed by atoms with Gasteiger partial charge in [0, 0.05) is 31.7 Å². The molecule has 0 aliphatic carbocycles. The summed E-state index contributed by atoms with van der Waals surface area (Å²) in [6.45, 7) is 1.58. The molecule has 0 spiro atoms. The molecule has 1 aliphatic heterocycles. The van der Waals surface area contributed by atoms with Crippen LogP contribution in [0.15, 0.2) is 18.2 Å². The van der Waals surface area contributed by atoms with Crippen molar-refractivity contribution in [3.05, 3.63) is 35.4 Å². The van der Waals surface area contributed by atoms with Gasteiger partial charge in [-0.1, -0.05) is 6.07 Å². The van der Waals surface area contributed by atoms with Crippen molar-refractivity contribution < 1.29 is 21.9 Å². The van der Waals surface area contributed by atoms with E-state index in [1.165, 1.54) is 22.5 Å². The third kappa shape index (κ3) is 4.44. The minimum Gasteiger partial charge on any atom is -0.379 e. The van der Waals surface area contributed by atoms with Crippen molar-refractivity contribution in [2.24, 2.45) is 0 Å². The Kier molecular flexibility index (Phi) is 5.63. The second-order valence-electron chi connectivity index (χ2n) is 4.70. The van der Waals surface area contributed by atoms with Gasteiger partial charge in [0.2, 0.25) is 10.0 Å². The number of benzene rings is 1. The van der Waals surface area contributed by atoms with Gasteiger partial charge in [-0.15, -0.1) is 0 Å². The summed E-state index contributed by atoms with van der Waals surface area (Å²) in [5.41, 5.74) is -0.0822. The van der Waals surface area contributed by atoms with Crippen LogP contribution in [0.25, 0.3) is 0 Å². The van der Waals surface area contributed by atoms with Crippen molar-refractivity contribution in [3.8, 4) is 0 Å². The molecule has 0 radical (unpaired) electrons. The maximum atomic E-state index is 13.4. The van der Waals surface area contributed by atoms with Gasteiger partial charge >= 0.3 is 0 Å². The zero-order valence-electron chi connectivity index (χ0n) is 11.5. The molecule has 0 aromatic heterocycles. The van der Waals surface area contributed by atoms with Crippen LogP contribution in [0.5, 0.6) is 0 Å².